The first-order valence-corrected chi connectivity index (χ1v) is 16.0. The summed E-state index contributed by atoms with van der Waals surface area (Å²) in [5.74, 6) is 0. The topological polar surface area (TPSA) is 18.5 Å². The number of hydrogen-bond acceptors (Lipinski definition) is 2. The fraction of sp³-hybridized carbons (Fsp3) is 0.366. The molecule has 0 saturated carbocycles. The monoisotopic (exact) mass is 574 g/mol. The van der Waals surface area contributed by atoms with Crippen LogP contribution in [0.4, 0.5) is 0 Å². The molecular formula is C41H50O2. The maximum atomic E-state index is 6.74. The summed E-state index contributed by atoms with van der Waals surface area (Å²) in [6.07, 6.45) is 13.5. The maximum absolute atomic E-state index is 6.74. The third-order valence-electron chi connectivity index (χ3n) is 8.59. The number of hydrogen-bond donors (Lipinski definition) is 0. The molecule has 0 saturated heterocycles. The van der Waals surface area contributed by atoms with E-state index >= 15 is 0 Å². The Morgan fingerprint density at radius 1 is 0.605 bits per heavy atom. The summed E-state index contributed by atoms with van der Waals surface area (Å²) < 4.78 is 13.4. The number of allylic oxidation sites excluding steroid dienone is 6. The summed E-state index contributed by atoms with van der Waals surface area (Å²) in [5.41, 5.74) is 11.8. The zero-order valence-corrected chi connectivity index (χ0v) is 26.9. The van der Waals surface area contributed by atoms with E-state index in [0.29, 0.717) is 13.2 Å². The van der Waals surface area contributed by atoms with Gasteiger partial charge >= 0.3 is 0 Å². The van der Waals surface area contributed by atoms with E-state index < -0.39 is 0 Å². The lowest BCUT2D eigenvalue weighted by Crippen LogP contribution is -2.22. The first kappa shape index (κ1) is 32.5. The van der Waals surface area contributed by atoms with E-state index in [1.807, 2.05) is 0 Å². The Kier molecular flexibility index (Phi) is 12.8. The van der Waals surface area contributed by atoms with Crippen LogP contribution in [0.5, 0.6) is 0 Å². The van der Waals surface area contributed by atoms with Gasteiger partial charge in [0.15, 0.2) is 0 Å². The SMILES string of the molecule is CC/C(C)=C/CC/C(C)=C/CC/C(C)=C/CC1=C(C)C(OCc2ccccc2)c2ccccc2C1OCc1ccccc1. The van der Waals surface area contributed by atoms with Crippen LogP contribution in [0.25, 0.3) is 0 Å². The molecule has 1 aliphatic rings. The third-order valence-corrected chi connectivity index (χ3v) is 8.59. The van der Waals surface area contributed by atoms with Gasteiger partial charge in [-0.15, -0.1) is 0 Å². The minimum atomic E-state index is -0.0983. The molecule has 2 heteroatoms. The highest BCUT2D eigenvalue weighted by atomic mass is 16.5. The lowest BCUT2D eigenvalue weighted by Gasteiger charge is -2.35. The molecule has 0 radical (unpaired) electrons. The number of benzene rings is 3. The van der Waals surface area contributed by atoms with Crippen LogP contribution < -0.4 is 0 Å². The molecule has 0 N–H and O–H groups in total. The van der Waals surface area contributed by atoms with Gasteiger partial charge in [-0.3, -0.25) is 0 Å². The Labute approximate surface area is 260 Å². The number of rotatable bonds is 15. The Morgan fingerprint density at radius 2 is 1.07 bits per heavy atom. The second kappa shape index (κ2) is 17.0. The van der Waals surface area contributed by atoms with Crippen LogP contribution >= 0.6 is 0 Å². The first-order valence-electron chi connectivity index (χ1n) is 16.0. The van der Waals surface area contributed by atoms with E-state index in [-0.39, 0.29) is 12.2 Å². The lowest BCUT2D eigenvalue weighted by atomic mass is 9.80. The number of fused-ring (bicyclic) bond motifs is 1. The average molecular weight is 575 g/mol. The number of ether oxygens (including phenoxy) is 2. The summed E-state index contributed by atoms with van der Waals surface area (Å²) in [6, 6.07) is 29.6. The summed E-state index contributed by atoms with van der Waals surface area (Å²) in [7, 11) is 0. The van der Waals surface area contributed by atoms with Crippen LogP contribution in [0.1, 0.15) is 108 Å². The molecule has 2 atom stereocenters. The van der Waals surface area contributed by atoms with E-state index in [1.54, 1.807) is 0 Å². The van der Waals surface area contributed by atoms with Crippen LogP contribution in [-0.2, 0) is 22.7 Å². The zero-order chi connectivity index (χ0) is 30.4. The van der Waals surface area contributed by atoms with Crippen molar-refractivity contribution in [1.29, 1.82) is 0 Å². The average Bonchev–Trinajstić information content (AvgIpc) is 3.03. The Morgan fingerprint density at radius 3 is 1.63 bits per heavy atom. The standard InChI is InChI=1S/C41H50O2/c1-6-31(2)17-15-18-32(3)19-16-20-33(4)27-28-37-34(5)40(42-29-35-21-9-7-10-22-35)38-25-13-14-26-39(38)41(37)43-30-36-23-11-8-12-24-36/h7-14,17,19,21-27,40-41H,6,15-16,18,20,28-30H2,1-5H3/b31-17+,32-19+,33-27+. The van der Waals surface area contributed by atoms with Gasteiger partial charge in [0.05, 0.1) is 13.2 Å². The van der Waals surface area contributed by atoms with Crippen molar-refractivity contribution >= 4 is 0 Å². The fourth-order valence-electron chi connectivity index (χ4n) is 5.69. The van der Waals surface area contributed by atoms with E-state index in [2.05, 4.69) is 138 Å². The van der Waals surface area contributed by atoms with Crippen molar-refractivity contribution in [3.63, 3.8) is 0 Å². The molecule has 226 valence electrons. The van der Waals surface area contributed by atoms with Crippen molar-refractivity contribution in [2.45, 2.75) is 98.6 Å². The maximum Gasteiger partial charge on any atom is 0.105 e. The van der Waals surface area contributed by atoms with Crippen LogP contribution in [0.15, 0.2) is 131 Å². The van der Waals surface area contributed by atoms with Gasteiger partial charge in [0, 0.05) is 0 Å². The van der Waals surface area contributed by atoms with Gasteiger partial charge in [-0.2, -0.15) is 0 Å². The normalized spacial score (nSPS) is 17.7. The summed E-state index contributed by atoms with van der Waals surface area (Å²) in [5, 5.41) is 0. The molecule has 43 heavy (non-hydrogen) atoms. The second-order valence-corrected chi connectivity index (χ2v) is 12.0. The Bertz CT molecular complexity index is 1410. The molecular weight excluding hydrogens is 524 g/mol. The van der Waals surface area contributed by atoms with Crippen LogP contribution in [0, 0.1) is 0 Å². The van der Waals surface area contributed by atoms with Gasteiger partial charge in [-0.05, 0) is 99.6 Å². The van der Waals surface area contributed by atoms with Crippen molar-refractivity contribution in [1.82, 2.24) is 0 Å². The van der Waals surface area contributed by atoms with E-state index in [1.165, 1.54) is 50.1 Å². The zero-order valence-electron chi connectivity index (χ0n) is 26.9. The second-order valence-electron chi connectivity index (χ2n) is 12.0. The third kappa shape index (κ3) is 9.78. The summed E-state index contributed by atoms with van der Waals surface area (Å²) >= 11 is 0. The van der Waals surface area contributed by atoms with Crippen molar-refractivity contribution < 1.29 is 9.47 Å². The molecule has 2 nitrogen and oxygen atoms in total. The van der Waals surface area contributed by atoms with Crippen molar-refractivity contribution in [2.24, 2.45) is 0 Å². The largest absolute Gasteiger partial charge is 0.364 e. The fourth-order valence-corrected chi connectivity index (χ4v) is 5.69. The van der Waals surface area contributed by atoms with Gasteiger partial charge in [-0.1, -0.05) is 127 Å². The summed E-state index contributed by atoms with van der Waals surface area (Å²) in [6.45, 7) is 12.4. The molecule has 0 aliphatic heterocycles. The highest BCUT2D eigenvalue weighted by Gasteiger charge is 2.33. The molecule has 0 heterocycles. The highest BCUT2D eigenvalue weighted by molar-refractivity contribution is 5.46. The van der Waals surface area contributed by atoms with Gasteiger partial charge in [0.25, 0.3) is 0 Å². The Hall–Kier alpha value is -3.46. The minimum Gasteiger partial charge on any atom is -0.364 e. The van der Waals surface area contributed by atoms with Gasteiger partial charge in [0.1, 0.15) is 12.2 Å². The van der Waals surface area contributed by atoms with E-state index in [9.17, 15) is 0 Å². The summed E-state index contributed by atoms with van der Waals surface area (Å²) in [4.78, 5) is 0. The highest BCUT2D eigenvalue weighted by Crippen LogP contribution is 2.46. The predicted molar refractivity (Wildman–Crippen MR) is 182 cm³/mol. The molecule has 0 fully saturated rings. The molecule has 0 amide bonds. The molecule has 0 bridgehead atoms. The molecule has 2 unspecified atom stereocenters. The smallest absolute Gasteiger partial charge is 0.105 e. The predicted octanol–water partition coefficient (Wildman–Crippen LogP) is 11.7. The van der Waals surface area contributed by atoms with Gasteiger partial charge in [-0.25, -0.2) is 0 Å². The minimum absolute atomic E-state index is 0.0901. The first-order chi connectivity index (χ1) is 21.0. The lowest BCUT2D eigenvalue weighted by molar-refractivity contribution is 0.0324. The van der Waals surface area contributed by atoms with Crippen molar-refractivity contribution in [3.05, 3.63) is 153 Å². The molecule has 3 aromatic carbocycles. The van der Waals surface area contributed by atoms with Crippen molar-refractivity contribution in [2.75, 3.05) is 0 Å². The molecule has 0 aromatic heterocycles. The molecule has 3 aromatic rings. The van der Waals surface area contributed by atoms with Crippen LogP contribution in [-0.4, -0.2) is 0 Å². The van der Waals surface area contributed by atoms with Crippen molar-refractivity contribution in [3.8, 4) is 0 Å². The van der Waals surface area contributed by atoms with Gasteiger partial charge < -0.3 is 9.47 Å². The van der Waals surface area contributed by atoms with E-state index in [4.69, 9.17) is 9.47 Å². The van der Waals surface area contributed by atoms with Gasteiger partial charge in [0.2, 0.25) is 0 Å². The van der Waals surface area contributed by atoms with Crippen LogP contribution in [0.3, 0.4) is 0 Å². The van der Waals surface area contributed by atoms with E-state index in [0.717, 1.165) is 38.5 Å². The molecule has 0 spiro atoms. The molecule has 1 aliphatic carbocycles. The molecule has 4 rings (SSSR count). The quantitative estimate of drug-likeness (QED) is 0.168. The van der Waals surface area contributed by atoms with Crippen LogP contribution in [0.2, 0.25) is 0 Å². The Balaban J connectivity index is 1.52.